The first-order valence-corrected chi connectivity index (χ1v) is 11.5. The van der Waals surface area contributed by atoms with Gasteiger partial charge in [0.2, 0.25) is 0 Å². The molecule has 3 aromatic rings. The van der Waals surface area contributed by atoms with E-state index in [4.69, 9.17) is 10.8 Å². The number of fused-ring (bicyclic) bond motifs is 3. The van der Waals surface area contributed by atoms with Gasteiger partial charge in [0.25, 0.3) is 0 Å². The second-order valence-electron chi connectivity index (χ2n) is 5.79. The molecule has 3 rings (SSSR count). The first-order valence-electron chi connectivity index (χ1n) is 7.30. The summed E-state index contributed by atoms with van der Waals surface area (Å²) in [6, 6.07) is 19.3. The molecule has 0 fully saturated rings. The van der Waals surface area contributed by atoms with Gasteiger partial charge >= 0.3 is 30.2 Å². The Morgan fingerprint density at radius 2 is 1.19 bits per heavy atom. The molecule has 0 atom stereocenters. The molecule has 0 amide bonds. The minimum atomic E-state index is -0.250. The fraction of sp³-hybridized carbons (Fsp3) is 0.250. The molecule has 0 aliphatic rings. The fourth-order valence-electron chi connectivity index (χ4n) is 1.90. The van der Waals surface area contributed by atoms with Gasteiger partial charge in [0, 0.05) is 0 Å². The third kappa shape index (κ3) is 14.0. The number of halogens is 2. The van der Waals surface area contributed by atoms with Gasteiger partial charge in [0.05, 0.1) is 0 Å². The maximum atomic E-state index is 7.46. The SMILES string of the molecule is CC(C)(C)[NH-].Cl.Cl.[CH2-]CO.[CH3-].[Si]=[Zr].c1ccc2c(c1)[cH-]c1ccccc12. The quantitative estimate of drug-likeness (QED) is 0.293. The summed E-state index contributed by atoms with van der Waals surface area (Å²) >= 11 is 1.36. The van der Waals surface area contributed by atoms with Crippen LogP contribution < -0.4 is 0 Å². The number of benzene rings is 2. The fourth-order valence-corrected chi connectivity index (χ4v) is 1.90. The zero-order chi connectivity index (χ0) is 17.9. The Morgan fingerprint density at radius 3 is 1.46 bits per heavy atom. The molecule has 26 heavy (non-hydrogen) atoms. The summed E-state index contributed by atoms with van der Waals surface area (Å²) in [5.41, 5.74) is 6.69. The van der Waals surface area contributed by atoms with Crippen LogP contribution in [0.2, 0.25) is 0 Å². The molecule has 3 aromatic carbocycles. The second kappa shape index (κ2) is 18.3. The van der Waals surface area contributed by atoms with E-state index in [0.717, 1.165) is 0 Å². The van der Waals surface area contributed by atoms with E-state index in [0.29, 0.717) is 0 Å². The van der Waals surface area contributed by atoms with Gasteiger partial charge in [-0.2, -0.15) is 0 Å². The summed E-state index contributed by atoms with van der Waals surface area (Å²) in [7, 11) is 0. The zero-order valence-corrected chi connectivity index (χ0v) is 21.0. The Labute approximate surface area is 188 Å². The van der Waals surface area contributed by atoms with Gasteiger partial charge in [-0.05, 0) is 0 Å². The van der Waals surface area contributed by atoms with E-state index >= 15 is 0 Å². The van der Waals surface area contributed by atoms with E-state index in [1.54, 1.807) is 0 Å². The number of nitrogens with one attached hydrogen (secondary N) is 1. The number of hydrogen-bond donors (Lipinski definition) is 1. The predicted molar refractivity (Wildman–Crippen MR) is 120 cm³/mol. The van der Waals surface area contributed by atoms with Gasteiger partial charge < -0.3 is 25.2 Å². The molecule has 0 heterocycles. The monoisotopic (exact) mass is 487 g/mol. The van der Waals surface area contributed by atoms with Crippen LogP contribution in [0.15, 0.2) is 54.6 Å². The third-order valence-corrected chi connectivity index (χ3v) is 2.52. The van der Waals surface area contributed by atoms with Crippen LogP contribution in [0, 0.1) is 14.4 Å². The summed E-state index contributed by atoms with van der Waals surface area (Å²) in [6.45, 7) is 11.7. The van der Waals surface area contributed by atoms with Crippen LogP contribution in [0.25, 0.3) is 27.3 Å². The molecule has 0 aromatic heterocycles. The summed E-state index contributed by atoms with van der Waals surface area (Å²) < 4.78 is 0. The van der Waals surface area contributed by atoms with Crippen LogP contribution in [0.4, 0.5) is 0 Å². The minimum Gasteiger partial charge on any atom is -0.126 e. The number of aliphatic hydroxyl groups excluding tert-OH is 1. The first-order chi connectivity index (χ1) is 10.9. The van der Waals surface area contributed by atoms with Crippen LogP contribution in [0.1, 0.15) is 20.8 Å². The van der Waals surface area contributed by atoms with E-state index in [-0.39, 0.29) is 44.4 Å². The van der Waals surface area contributed by atoms with E-state index in [9.17, 15) is 0 Å². The molecule has 0 saturated heterocycles. The first kappa shape index (κ1) is 33.5. The molecule has 0 aliphatic carbocycles. The van der Waals surface area contributed by atoms with Crippen molar-refractivity contribution >= 4 is 53.2 Å². The van der Waals surface area contributed by atoms with E-state index in [1.165, 1.54) is 44.9 Å². The molecule has 0 aliphatic heterocycles. The molecule has 0 unspecified atom stereocenters. The predicted octanol–water partition coefficient (Wildman–Crippen LogP) is 6.27. The van der Waals surface area contributed by atoms with Gasteiger partial charge in [-0.3, -0.25) is 0 Å². The molecular weight excluding hydrogens is 460 g/mol. The summed E-state index contributed by atoms with van der Waals surface area (Å²) in [5.74, 6) is 0. The van der Waals surface area contributed by atoms with Gasteiger partial charge in [-0.25, -0.2) is 0 Å². The smallest absolute Gasteiger partial charge is 0.0771 e. The number of hydrogen-bond acceptors (Lipinski definition) is 1. The summed E-state index contributed by atoms with van der Waals surface area (Å²) in [6.07, 6.45) is 0. The molecule has 146 valence electrons. The van der Waals surface area contributed by atoms with Crippen molar-refractivity contribution < 1.29 is 28.4 Å². The van der Waals surface area contributed by atoms with E-state index in [2.05, 4.69) is 68.4 Å². The van der Waals surface area contributed by atoms with Crippen molar-refractivity contribution in [2.45, 2.75) is 26.3 Å². The maximum absolute atomic E-state index is 7.46. The Bertz CT molecular complexity index is 642. The minimum absolute atomic E-state index is 0. The van der Waals surface area contributed by atoms with E-state index in [1.807, 2.05) is 20.8 Å². The van der Waals surface area contributed by atoms with Crippen LogP contribution in [0.3, 0.4) is 0 Å². The topological polar surface area (TPSA) is 44.0 Å². The van der Waals surface area contributed by atoms with Crippen molar-refractivity contribution in [2.24, 2.45) is 0 Å². The van der Waals surface area contributed by atoms with Crippen molar-refractivity contribution in [3.05, 3.63) is 74.7 Å². The summed E-state index contributed by atoms with van der Waals surface area (Å²) in [4.78, 5) is 0. The average Bonchev–Trinajstić information content (AvgIpc) is 2.87. The Kier molecular flexibility index (Phi) is 23.5. The van der Waals surface area contributed by atoms with Crippen molar-refractivity contribution in [3.63, 3.8) is 0 Å². The third-order valence-electron chi connectivity index (χ3n) is 2.52. The number of aliphatic hydroxyl groups is 1. The van der Waals surface area contributed by atoms with Crippen molar-refractivity contribution in [1.82, 2.24) is 0 Å². The molecule has 0 bridgehead atoms. The average molecular weight is 490 g/mol. The maximum Gasteiger partial charge on any atom is -0.0771 e. The normalized spacial score (nSPS) is 8.65. The van der Waals surface area contributed by atoms with Crippen LogP contribution >= 0.6 is 24.8 Å². The standard InChI is InChI=1S/C13H9.C4H10N.C2H5O.CH3.2ClH.Si.Zr/c1-3-7-12-10(5-1)9-11-6-2-4-8-13(11)12;1-4(2,3)5;1-2-3;;;;;/h1-9H;5H,1-3H3;3H,1-2H2;1H3;2*1H;;/q4*-1;;;;. The molecular formula is C20H29Cl2NOSiZr-4. The van der Waals surface area contributed by atoms with Gasteiger partial charge in [-0.1, -0.05) is 63.8 Å². The Hall–Kier alpha value is -0.0900. The van der Waals surface area contributed by atoms with E-state index < -0.39 is 0 Å². The van der Waals surface area contributed by atoms with Crippen LogP contribution in [-0.4, -0.2) is 24.1 Å². The number of rotatable bonds is 0. The molecule has 2 nitrogen and oxygen atoms in total. The Balaban J connectivity index is -0.000000162. The van der Waals surface area contributed by atoms with Crippen molar-refractivity contribution in [2.75, 3.05) is 6.61 Å². The molecule has 2 radical (unpaired) electrons. The second-order valence-corrected chi connectivity index (χ2v) is 5.79. The largest absolute Gasteiger partial charge is 0.126 e. The molecule has 0 saturated carbocycles. The zero-order valence-electron chi connectivity index (χ0n) is 15.9. The van der Waals surface area contributed by atoms with Gasteiger partial charge in [-0.15, -0.1) is 70.1 Å². The van der Waals surface area contributed by atoms with Crippen LogP contribution in [-0.2, 0) is 23.3 Å². The van der Waals surface area contributed by atoms with Crippen molar-refractivity contribution in [3.8, 4) is 0 Å². The molecule has 2 N–H and O–H groups in total. The van der Waals surface area contributed by atoms with Gasteiger partial charge in [0.1, 0.15) is 0 Å². The van der Waals surface area contributed by atoms with Gasteiger partial charge in [0.15, 0.2) is 0 Å². The van der Waals surface area contributed by atoms with Crippen LogP contribution in [0.5, 0.6) is 0 Å². The molecule has 6 heteroatoms. The molecule has 0 spiro atoms. The summed E-state index contributed by atoms with van der Waals surface area (Å²) in [5, 5.41) is 12.9. The Morgan fingerprint density at radius 1 is 0.962 bits per heavy atom. The van der Waals surface area contributed by atoms with Crippen molar-refractivity contribution in [1.29, 1.82) is 0 Å².